The molecule has 0 radical (unpaired) electrons. The molecule has 0 heterocycles. The van der Waals surface area contributed by atoms with Gasteiger partial charge in [0, 0.05) is 27.1 Å². The lowest BCUT2D eigenvalue weighted by Crippen LogP contribution is -2.05. The highest BCUT2D eigenvalue weighted by molar-refractivity contribution is 9.10. The monoisotopic (exact) mass is 412 g/mol. The Morgan fingerprint density at radius 2 is 1.90 bits per heavy atom. The lowest BCUT2D eigenvalue weighted by atomic mass is 10.1. The molecule has 21 heavy (non-hydrogen) atoms. The van der Waals surface area contributed by atoms with E-state index < -0.39 is 0 Å². The van der Waals surface area contributed by atoms with Crippen LogP contribution in [0, 0.1) is 24.0 Å². The number of halogens is 2. The van der Waals surface area contributed by atoms with Crippen molar-refractivity contribution in [1.82, 2.24) is 0 Å². The van der Waals surface area contributed by atoms with Crippen LogP contribution in [-0.2, 0) is 6.54 Å². The Morgan fingerprint density at radius 1 is 1.19 bits per heavy atom. The van der Waals surface area contributed by atoms with Crippen molar-refractivity contribution < 1.29 is 4.92 Å². The molecule has 0 aliphatic heterocycles. The Labute approximate surface area is 140 Å². The number of nitro groups is 1. The molecule has 0 bridgehead atoms. The molecule has 2 aromatic rings. The molecule has 4 nitrogen and oxygen atoms in total. The van der Waals surface area contributed by atoms with E-state index in [2.05, 4.69) is 43.2 Å². The second-order valence-corrected chi connectivity index (χ2v) is 6.59. The van der Waals surface area contributed by atoms with Crippen molar-refractivity contribution in [2.45, 2.75) is 20.4 Å². The zero-order chi connectivity index (χ0) is 15.6. The first-order chi connectivity index (χ1) is 9.88. The first kappa shape index (κ1) is 16.0. The van der Waals surface area contributed by atoms with Crippen LogP contribution in [-0.4, -0.2) is 4.92 Å². The first-order valence-corrected chi connectivity index (χ1v) is 7.90. The van der Waals surface area contributed by atoms with Crippen molar-refractivity contribution in [3.63, 3.8) is 0 Å². The van der Waals surface area contributed by atoms with E-state index in [1.807, 2.05) is 19.9 Å². The molecule has 2 aromatic carbocycles. The Kier molecular flexibility index (Phi) is 5.00. The van der Waals surface area contributed by atoms with Crippen molar-refractivity contribution in [3.05, 3.63) is 66.1 Å². The van der Waals surface area contributed by atoms with E-state index in [1.54, 1.807) is 12.1 Å². The lowest BCUT2D eigenvalue weighted by molar-refractivity contribution is -0.385. The molecule has 0 fully saturated rings. The molecule has 0 atom stereocenters. The van der Waals surface area contributed by atoms with Crippen LogP contribution < -0.4 is 5.32 Å². The summed E-state index contributed by atoms with van der Waals surface area (Å²) in [5.74, 6) is 0. The van der Waals surface area contributed by atoms with Crippen molar-refractivity contribution in [3.8, 4) is 0 Å². The molecular formula is C15H14Br2N2O2. The van der Waals surface area contributed by atoms with Crippen LogP contribution in [0.4, 0.5) is 11.4 Å². The van der Waals surface area contributed by atoms with Gasteiger partial charge >= 0.3 is 0 Å². The molecule has 6 heteroatoms. The zero-order valence-corrected chi connectivity index (χ0v) is 14.8. The number of nitrogens with zero attached hydrogens (tertiary/aromatic N) is 1. The number of hydrogen-bond donors (Lipinski definition) is 1. The highest BCUT2D eigenvalue weighted by Gasteiger charge is 2.14. The summed E-state index contributed by atoms with van der Waals surface area (Å²) in [5.41, 5.74) is 3.98. The van der Waals surface area contributed by atoms with Gasteiger partial charge in [0.2, 0.25) is 0 Å². The van der Waals surface area contributed by atoms with Gasteiger partial charge in [0.05, 0.1) is 10.6 Å². The minimum Gasteiger partial charge on any atom is -0.380 e. The van der Waals surface area contributed by atoms with Gasteiger partial charge in [0.25, 0.3) is 5.69 Å². The summed E-state index contributed by atoms with van der Waals surface area (Å²) < 4.78 is 1.66. The molecule has 0 aliphatic rings. The average Bonchev–Trinajstić information content (AvgIpc) is 2.38. The molecule has 0 aromatic heterocycles. The lowest BCUT2D eigenvalue weighted by Gasteiger charge is -2.13. The normalized spacial score (nSPS) is 10.5. The highest BCUT2D eigenvalue weighted by Crippen LogP contribution is 2.30. The Morgan fingerprint density at radius 3 is 2.52 bits per heavy atom. The fourth-order valence-corrected chi connectivity index (χ4v) is 3.34. The van der Waals surface area contributed by atoms with Gasteiger partial charge in [-0.2, -0.15) is 0 Å². The standard InChI is InChI=1S/C15H14Br2N2O2/c1-9-5-10(2)15(13(17)6-9)18-8-11-3-4-12(16)7-14(11)19(20)21/h3-7,18H,8H2,1-2H3. The zero-order valence-electron chi connectivity index (χ0n) is 11.6. The van der Waals surface area contributed by atoms with E-state index in [-0.39, 0.29) is 10.6 Å². The van der Waals surface area contributed by atoms with Crippen LogP contribution in [0.15, 0.2) is 39.3 Å². The summed E-state index contributed by atoms with van der Waals surface area (Å²) in [6.07, 6.45) is 0. The Balaban J connectivity index is 2.27. The number of nitro benzene ring substituents is 1. The number of hydrogen-bond acceptors (Lipinski definition) is 3. The van der Waals surface area contributed by atoms with E-state index in [4.69, 9.17) is 0 Å². The first-order valence-electron chi connectivity index (χ1n) is 6.32. The topological polar surface area (TPSA) is 55.2 Å². The van der Waals surface area contributed by atoms with Gasteiger partial charge in [0.1, 0.15) is 0 Å². The molecule has 0 spiro atoms. The Hall–Kier alpha value is -1.40. The molecular weight excluding hydrogens is 400 g/mol. The van der Waals surface area contributed by atoms with Crippen LogP contribution in [0.3, 0.4) is 0 Å². The predicted molar refractivity (Wildman–Crippen MR) is 91.7 cm³/mol. The molecule has 2 rings (SSSR count). The molecule has 0 aliphatic carbocycles. The number of aryl methyl sites for hydroxylation is 2. The molecule has 0 unspecified atom stereocenters. The summed E-state index contributed by atoms with van der Waals surface area (Å²) in [7, 11) is 0. The van der Waals surface area contributed by atoms with E-state index in [0.717, 1.165) is 15.7 Å². The van der Waals surface area contributed by atoms with Crippen molar-refractivity contribution >= 4 is 43.2 Å². The number of nitrogens with one attached hydrogen (secondary N) is 1. The van der Waals surface area contributed by atoms with Crippen LogP contribution >= 0.6 is 31.9 Å². The summed E-state index contributed by atoms with van der Waals surface area (Å²) >= 11 is 6.79. The summed E-state index contributed by atoms with van der Waals surface area (Å²) in [5, 5.41) is 14.4. The van der Waals surface area contributed by atoms with E-state index >= 15 is 0 Å². The second kappa shape index (κ2) is 6.58. The van der Waals surface area contributed by atoms with Crippen LogP contribution in [0.5, 0.6) is 0 Å². The van der Waals surface area contributed by atoms with Crippen LogP contribution in [0.25, 0.3) is 0 Å². The summed E-state index contributed by atoms with van der Waals surface area (Å²) in [6, 6.07) is 9.18. The summed E-state index contributed by atoms with van der Waals surface area (Å²) in [4.78, 5) is 10.7. The van der Waals surface area contributed by atoms with Gasteiger partial charge in [-0.3, -0.25) is 10.1 Å². The van der Waals surface area contributed by atoms with Gasteiger partial charge in [-0.15, -0.1) is 0 Å². The van der Waals surface area contributed by atoms with Gasteiger partial charge in [-0.1, -0.05) is 22.0 Å². The molecule has 0 saturated carbocycles. The fourth-order valence-electron chi connectivity index (χ4n) is 2.18. The van der Waals surface area contributed by atoms with E-state index in [9.17, 15) is 10.1 Å². The minimum atomic E-state index is -0.362. The number of anilines is 1. The maximum Gasteiger partial charge on any atom is 0.275 e. The smallest absolute Gasteiger partial charge is 0.275 e. The second-order valence-electron chi connectivity index (χ2n) is 4.82. The SMILES string of the molecule is Cc1cc(C)c(NCc2ccc(Br)cc2[N+](=O)[O-])c(Br)c1. The fraction of sp³-hybridized carbons (Fsp3) is 0.200. The minimum absolute atomic E-state index is 0.109. The molecule has 110 valence electrons. The van der Waals surface area contributed by atoms with Crippen molar-refractivity contribution in [1.29, 1.82) is 0 Å². The predicted octanol–water partition coefficient (Wildman–Crippen LogP) is 5.35. The van der Waals surface area contributed by atoms with Gasteiger partial charge in [-0.05, 0) is 59.1 Å². The van der Waals surface area contributed by atoms with Crippen molar-refractivity contribution in [2.75, 3.05) is 5.32 Å². The molecule has 1 N–H and O–H groups in total. The Bertz CT molecular complexity index is 679. The highest BCUT2D eigenvalue weighted by atomic mass is 79.9. The van der Waals surface area contributed by atoms with Crippen LogP contribution in [0.1, 0.15) is 16.7 Å². The molecule has 0 saturated heterocycles. The third-order valence-electron chi connectivity index (χ3n) is 3.13. The van der Waals surface area contributed by atoms with Gasteiger partial charge in [0.15, 0.2) is 0 Å². The van der Waals surface area contributed by atoms with Gasteiger partial charge in [-0.25, -0.2) is 0 Å². The third kappa shape index (κ3) is 3.83. The molecule has 0 amide bonds. The van der Waals surface area contributed by atoms with Crippen molar-refractivity contribution in [2.24, 2.45) is 0 Å². The average molecular weight is 414 g/mol. The third-order valence-corrected chi connectivity index (χ3v) is 4.25. The maximum atomic E-state index is 11.1. The summed E-state index contributed by atoms with van der Waals surface area (Å²) in [6.45, 7) is 4.43. The largest absolute Gasteiger partial charge is 0.380 e. The van der Waals surface area contributed by atoms with Crippen LogP contribution in [0.2, 0.25) is 0 Å². The number of rotatable bonds is 4. The van der Waals surface area contributed by atoms with E-state index in [1.165, 1.54) is 11.6 Å². The number of benzene rings is 2. The van der Waals surface area contributed by atoms with Gasteiger partial charge < -0.3 is 5.32 Å². The maximum absolute atomic E-state index is 11.1. The van der Waals surface area contributed by atoms with E-state index in [0.29, 0.717) is 16.6 Å². The quantitative estimate of drug-likeness (QED) is 0.542.